The highest BCUT2D eigenvalue weighted by atomic mass is 32.1. The number of rotatable bonds is 7. The molecule has 3 rings (SSSR count). The summed E-state index contributed by atoms with van der Waals surface area (Å²) in [4.78, 5) is 13.4. The molecule has 28 heavy (non-hydrogen) atoms. The molecule has 0 aliphatic rings. The Bertz CT molecular complexity index is 946. The summed E-state index contributed by atoms with van der Waals surface area (Å²) in [5, 5.41) is 5.14. The second kappa shape index (κ2) is 9.07. The monoisotopic (exact) mass is 393 g/mol. The predicted molar refractivity (Wildman–Crippen MR) is 116 cm³/mol. The fraction of sp³-hybridized carbons (Fsp3) is 0.292. The highest BCUT2D eigenvalue weighted by Crippen LogP contribution is 2.25. The summed E-state index contributed by atoms with van der Waals surface area (Å²) in [6, 6.07) is 16.3. The molecule has 3 aromatic rings. The Morgan fingerprint density at radius 1 is 1.11 bits per heavy atom. The number of hydrogen-bond acceptors (Lipinski definition) is 3. The van der Waals surface area contributed by atoms with E-state index in [1.807, 2.05) is 41.8 Å². The number of carbonyl (C=O) groups is 1. The molecule has 0 fully saturated rings. The third-order valence-corrected chi connectivity index (χ3v) is 5.93. The second-order valence-electron chi connectivity index (χ2n) is 7.16. The highest BCUT2D eigenvalue weighted by molar-refractivity contribution is 7.12. The molecule has 1 unspecified atom stereocenters. The van der Waals surface area contributed by atoms with Crippen molar-refractivity contribution in [1.29, 1.82) is 0 Å². The van der Waals surface area contributed by atoms with E-state index in [9.17, 15) is 4.79 Å². The summed E-state index contributed by atoms with van der Waals surface area (Å²) in [6.45, 7) is 8.79. The van der Waals surface area contributed by atoms with Crippen LogP contribution < -0.4 is 10.1 Å². The fourth-order valence-corrected chi connectivity index (χ4v) is 4.02. The minimum Gasteiger partial charge on any atom is -0.489 e. The van der Waals surface area contributed by atoms with Gasteiger partial charge in [0, 0.05) is 5.56 Å². The third kappa shape index (κ3) is 4.82. The van der Waals surface area contributed by atoms with E-state index in [0.717, 1.165) is 28.9 Å². The lowest BCUT2D eigenvalue weighted by Gasteiger charge is -2.16. The Hall–Kier alpha value is -2.59. The van der Waals surface area contributed by atoms with E-state index in [0.29, 0.717) is 11.5 Å². The van der Waals surface area contributed by atoms with Crippen LogP contribution in [0, 0.1) is 20.8 Å². The Kier molecular flexibility index (Phi) is 6.53. The summed E-state index contributed by atoms with van der Waals surface area (Å²) in [5.41, 5.74) is 5.72. The van der Waals surface area contributed by atoms with Gasteiger partial charge >= 0.3 is 0 Å². The Morgan fingerprint density at radius 3 is 2.57 bits per heavy atom. The minimum atomic E-state index is -0.0328. The van der Waals surface area contributed by atoms with Crippen molar-refractivity contribution in [2.24, 2.45) is 0 Å². The molecule has 1 atom stereocenters. The van der Waals surface area contributed by atoms with Crippen LogP contribution in [-0.2, 0) is 6.61 Å². The van der Waals surface area contributed by atoms with Crippen LogP contribution >= 0.6 is 11.3 Å². The second-order valence-corrected chi connectivity index (χ2v) is 8.07. The molecule has 0 bridgehead atoms. The van der Waals surface area contributed by atoms with Gasteiger partial charge in [-0.05, 0) is 67.0 Å². The first-order valence-electron chi connectivity index (χ1n) is 9.61. The lowest BCUT2D eigenvalue weighted by Crippen LogP contribution is -2.27. The zero-order valence-electron chi connectivity index (χ0n) is 16.9. The smallest absolute Gasteiger partial charge is 0.261 e. The number of benzene rings is 2. The van der Waals surface area contributed by atoms with Gasteiger partial charge in [0.2, 0.25) is 0 Å². The lowest BCUT2D eigenvalue weighted by molar-refractivity contribution is 0.0939. The molecule has 0 radical (unpaired) electrons. The molecule has 1 aromatic heterocycles. The standard InChI is InChI=1S/C24H27NO2S/c1-5-21(20-9-7-6-8-10-20)25-24(26)23-13-19(15-28-23)14-27-22-12-16(2)11-17(3)18(22)4/h6-13,15,21H,5,14H2,1-4H3,(H,25,26). The molecule has 0 aliphatic heterocycles. The van der Waals surface area contributed by atoms with Crippen molar-refractivity contribution in [3.63, 3.8) is 0 Å². The number of ether oxygens (including phenoxy) is 1. The normalized spacial score (nSPS) is 11.9. The number of nitrogens with one attached hydrogen (secondary N) is 1. The summed E-state index contributed by atoms with van der Waals surface area (Å²) >= 11 is 1.46. The van der Waals surface area contributed by atoms with Crippen molar-refractivity contribution in [2.45, 2.75) is 46.8 Å². The maximum absolute atomic E-state index is 12.7. The van der Waals surface area contributed by atoms with Crippen molar-refractivity contribution in [2.75, 3.05) is 0 Å². The van der Waals surface area contributed by atoms with Crippen LogP contribution in [0.25, 0.3) is 0 Å². The quantitative estimate of drug-likeness (QED) is 0.524. The van der Waals surface area contributed by atoms with E-state index in [1.54, 1.807) is 0 Å². The van der Waals surface area contributed by atoms with Crippen molar-refractivity contribution in [1.82, 2.24) is 5.32 Å². The summed E-state index contributed by atoms with van der Waals surface area (Å²) in [7, 11) is 0. The van der Waals surface area contributed by atoms with E-state index >= 15 is 0 Å². The largest absolute Gasteiger partial charge is 0.489 e. The fourth-order valence-electron chi connectivity index (χ4n) is 3.22. The first-order valence-corrected chi connectivity index (χ1v) is 10.5. The summed E-state index contributed by atoms with van der Waals surface area (Å²) in [6.07, 6.45) is 0.850. The number of aryl methyl sites for hydroxylation is 2. The Labute approximate surface area is 171 Å². The molecular formula is C24H27NO2S. The molecule has 1 heterocycles. The maximum atomic E-state index is 12.7. The predicted octanol–water partition coefficient (Wildman–Crippen LogP) is 6.13. The first-order chi connectivity index (χ1) is 13.5. The van der Waals surface area contributed by atoms with Crippen LogP contribution in [0.1, 0.15) is 56.9 Å². The number of hydrogen-bond donors (Lipinski definition) is 1. The minimum absolute atomic E-state index is 0.0217. The van der Waals surface area contributed by atoms with E-state index in [2.05, 4.69) is 45.1 Å². The molecular weight excluding hydrogens is 366 g/mol. The van der Waals surface area contributed by atoms with Crippen molar-refractivity contribution < 1.29 is 9.53 Å². The maximum Gasteiger partial charge on any atom is 0.261 e. The van der Waals surface area contributed by atoms with Gasteiger partial charge in [-0.25, -0.2) is 0 Å². The van der Waals surface area contributed by atoms with Gasteiger partial charge in [-0.15, -0.1) is 11.3 Å². The molecule has 1 amide bonds. The van der Waals surface area contributed by atoms with Gasteiger partial charge in [0.25, 0.3) is 5.91 Å². The molecule has 0 saturated heterocycles. The Morgan fingerprint density at radius 2 is 1.86 bits per heavy atom. The van der Waals surface area contributed by atoms with Gasteiger partial charge in [-0.1, -0.05) is 43.3 Å². The number of amides is 1. The average molecular weight is 394 g/mol. The van der Waals surface area contributed by atoms with Gasteiger partial charge in [0.15, 0.2) is 0 Å². The van der Waals surface area contributed by atoms with Gasteiger partial charge < -0.3 is 10.1 Å². The van der Waals surface area contributed by atoms with E-state index < -0.39 is 0 Å². The zero-order chi connectivity index (χ0) is 20.1. The topological polar surface area (TPSA) is 38.3 Å². The lowest BCUT2D eigenvalue weighted by atomic mass is 10.0. The van der Waals surface area contributed by atoms with Gasteiger partial charge in [0.05, 0.1) is 10.9 Å². The van der Waals surface area contributed by atoms with Crippen LogP contribution in [0.2, 0.25) is 0 Å². The number of thiophene rings is 1. The van der Waals surface area contributed by atoms with E-state index in [1.165, 1.54) is 22.5 Å². The van der Waals surface area contributed by atoms with Crippen molar-refractivity contribution in [3.05, 3.63) is 86.6 Å². The first kappa shape index (κ1) is 20.2. The molecule has 4 heteroatoms. The van der Waals surface area contributed by atoms with Gasteiger partial charge in [0.1, 0.15) is 12.4 Å². The highest BCUT2D eigenvalue weighted by Gasteiger charge is 2.16. The molecule has 3 nitrogen and oxygen atoms in total. The van der Waals surface area contributed by atoms with Crippen LogP contribution in [0.5, 0.6) is 5.75 Å². The Balaban J connectivity index is 1.64. The van der Waals surface area contributed by atoms with E-state index in [4.69, 9.17) is 4.74 Å². The van der Waals surface area contributed by atoms with Gasteiger partial charge in [-0.2, -0.15) is 0 Å². The molecule has 0 spiro atoms. The average Bonchev–Trinajstić information content (AvgIpc) is 3.17. The molecule has 2 aromatic carbocycles. The van der Waals surface area contributed by atoms with Crippen LogP contribution in [0.15, 0.2) is 53.9 Å². The molecule has 146 valence electrons. The number of carbonyl (C=O) groups excluding carboxylic acids is 1. The van der Waals surface area contributed by atoms with Crippen LogP contribution in [-0.4, -0.2) is 5.91 Å². The summed E-state index contributed by atoms with van der Waals surface area (Å²) in [5.74, 6) is 0.874. The van der Waals surface area contributed by atoms with Gasteiger partial charge in [-0.3, -0.25) is 4.79 Å². The van der Waals surface area contributed by atoms with Crippen LogP contribution in [0.4, 0.5) is 0 Å². The van der Waals surface area contributed by atoms with Crippen LogP contribution in [0.3, 0.4) is 0 Å². The summed E-state index contributed by atoms with van der Waals surface area (Å²) < 4.78 is 6.02. The SMILES string of the molecule is CCC(NC(=O)c1cc(COc2cc(C)cc(C)c2C)cs1)c1ccccc1. The molecule has 0 aliphatic carbocycles. The van der Waals surface area contributed by atoms with Crippen molar-refractivity contribution >= 4 is 17.2 Å². The zero-order valence-corrected chi connectivity index (χ0v) is 17.7. The molecule has 0 saturated carbocycles. The van der Waals surface area contributed by atoms with Crippen molar-refractivity contribution in [3.8, 4) is 5.75 Å². The third-order valence-electron chi connectivity index (χ3n) is 4.95. The van der Waals surface area contributed by atoms with E-state index in [-0.39, 0.29) is 11.9 Å². The molecule has 1 N–H and O–H groups in total.